The monoisotopic (exact) mass is 293 g/mol. The summed E-state index contributed by atoms with van der Waals surface area (Å²) in [6.07, 6.45) is 11.9. The van der Waals surface area contributed by atoms with Gasteiger partial charge in [0.1, 0.15) is 0 Å². The SMILES string of the molecule is C/C(=C\C(=O)N1CCCC1)CCCC(C)CCCC(C)C. The quantitative estimate of drug-likeness (QED) is 0.536. The number of carbonyl (C=O) groups is 1. The van der Waals surface area contributed by atoms with Crippen LogP contribution in [0.25, 0.3) is 0 Å². The van der Waals surface area contributed by atoms with Crippen molar-refractivity contribution in [3.8, 4) is 0 Å². The van der Waals surface area contributed by atoms with Crippen molar-refractivity contribution in [2.75, 3.05) is 13.1 Å². The lowest BCUT2D eigenvalue weighted by Gasteiger charge is -2.14. The largest absolute Gasteiger partial charge is 0.339 e. The first-order valence-electron chi connectivity index (χ1n) is 8.95. The highest BCUT2D eigenvalue weighted by Gasteiger charge is 2.15. The van der Waals surface area contributed by atoms with Crippen molar-refractivity contribution < 1.29 is 4.79 Å². The molecule has 1 amide bonds. The highest BCUT2D eigenvalue weighted by Crippen LogP contribution is 2.19. The summed E-state index contributed by atoms with van der Waals surface area (Å²) in [7, 11) is 0. The Morgan fingerprint density at radius 2 is 1.67 bits per heavy atom. The number of nitrogens with zero attached hydrogens (tertiary/aromatic N) is 1. The van der Waals surface area contributed by atoms with Crippen LogP contribution in [0.3, 0.4) is 0 Å². The van der Waals surface area contributed by atoms with E-state index >= 15 is 0 Å². The fraction of sp³-hybridized carbons (Fsp3) is 0.842. The Morgan fingerprint density at radius 3 is 2.29 bits per heavy atom. The minimum absolute atomic E-state index is 0.231. The van der Waals surface area contributed by atoms with Gasteiger partial charge in [0, 0.05) is 19.2 Å². The summed E-state index contributed by atoms with van der Waals surface area (Å²) >= 11 is 0. The molecule has 1 aliphatic rings. The van der Waals surface area contributed by atoms with E-state index in [1.165, 1.54) is 50.5 Å². The van der Waals surface area contributed by atoms with Gasteiger partial charge in [-0.05, 0) is 44.4 Å². The van der Waals surface area contributed by atoms with Crippen LogP contribution in [0.2, 0.25) is 0 Å². The standard InChI is InChI=1S/C19H35NO/c1-16(2)9-7-10-17(3)11-8-12-18(4)15-19(21)20-13-5-6-14-20/h15-17H,5-14H2,1-4H3/b18-15+. The van der Waals surface area contributed by atoms with Crippen LogP contribution in [0.1, 0.15) is 79.1 Å². The van der Waals surface area contributed by atoms with Crippen LogP contribution in [-0.4, -0.2) is 23.9 Å². The summed E-state index contributed by atoms with van der Waals surface area (Å²) in [6.45, 7) is 11.0. The molecule has 0 aromatic rings. The molecular formula is C19H35NO. The second kappa shape index (κ2) is 10.0. The minimum atomic E-state index is 0.231. The van der Waals surface area contributed by atoms with E-state index in [0.29, 0.717) is 0 Å². The molecule has 1 heterocycles. The number of amides is 1. The van der Waals surface area contributed by atoms with Crippen molar-refractivity contribution in [2.45, 2.75) is 79.1 Å². The first-order valence-corrected chi connectivity index (χ1v) is 8.95. The van der Waals surface area contributed by atoms with E-state index in [1.807, 2.05) is 11.0 Å². The smallest absolute Gasteiger partial charge is 0.246 e. The normalized spacial score (nSPS) is 17.6. The second-order valence-corrected chi connectivity index (χ2v) is 7.35. The lowest BCUT2D eigenvalue weighted by Crippen LogP contribution is -2.25. The van der Waals surface area contributed by atoms with Gasteiger partial charge in [0.15, 0.2) is 0 Å². The van der Waals surface area contributed by atoms with Gasteiger partial charge < -0.3 is 4.90 Å². The van der Waals surface area contributed by atoms with Crippen molar-refractivity contribution in [2.24, 2.45) is 11.8 Å². The van der Waals surface area contributed by atoms with Gasteiger partial charge in [-0.3, -0.25) is 4.79 Å². The molecule has 2 heteroatoms. The Kier molecular flexibility index (Phi) is 8.72. The third kappa shape index (κ3) is 8.28. The van der Waals surface area contributed by atoms with Crippen molar-refractivity contribution in [1.82, 2.24) is 4.90 Å². The molecule has 0 saturated carbocycles. The van der Waals surface area contributed by atoms with E-state index in [4.69, 9.17) is 0 Å². The maximum absolute atomic E-state index is 12.0. The lowest BCUT2D eigenvalue weighted by atomic mass is 9.94. The Bertz CT molecular complexity index is 326. The van der Waals surface area contributed by atoms with Gasteiger partial charge in [-0.25, -0.2) is 0 Å². The van der Waals surface area contributed by atoms with Gasteiger partial charge in [-0.1, -0.05) is 52.0 Å². The molecule has 0 bridgehead atoms. The molecule has 1 atom stereocenters. The molecule has 1 rings (SSSR count). The van der Waals surface area contributed by atoms with Crippen LogP contribution in [-0.2, 0) is 4.79 Å². The third-order valence-electron chi connectivity index (χ3n) is 4.53. The second-order valence-electron chi connectivity index (χ2n) is 7.35. The number of hydrogen-bond acceptors (Lipinski definition) is 1. The molecule has 1 fully saturated rings. The molecule has 122 valence electrons. The number of allylic oxidation sites excluding steroid dienone is 1. The van der Waals surface area contributed by atoms with Crippen molar-refractivity contribution in [3.63, 3.8) is 0 Å². The number of hydrogen-bond donors (Lipinski definition) is 0. The molecule has 0 aromatic heterocycles. The maximum atomic E-state index is 12.0. The van der Waals surface area contributed by atoms with Crippen molar-refractivity contribution in [1.29, 1.82) is 0 Å². The zero-order chi connectivity index (χ0) is 15.7. The van der Waals surface area contributed by atoms with Crippen LogP contribution < -0.4 is 0 Å². The molecule has 2 nitrogen and oxygen atoms in total. The molecule has 0 spiro atoms. The highest BCUT2D eigenvalue weighted by atomic mass is 16.2. The number of rotatable bonds is 9. The number of likely N-dealkylation sites (tertiary alicyclic amines) is 1. The Balaban J connectivity index is 2.14. The number of carbonyl (C=O) groups excluding carboxylic acids is 1. The first kappa shape index (κ1) is 18.3. The van der Waals surface area contributed by atoms with Crippen molar-refractivity contribution in [3.05, 3.63) is 11.6 Å². The van der Waals surface area contributed by atoms with Gasteiger partial charge in [-0.2, -0.15) is 0 Å². The predicted octanol–water partition coefficient (Wildman–Crippen LogP) is 5.19. The zero-order valence-corrected chi connectivity index (χ0v) is 14.7. The molecule has 1 saturated heterocycles. The fourth-order valence-corrected chi connectivity index (χ4v) is 3.06. The molecule has 1 aliphatic heterocycles. The Labute approximate surface area is 132 Å². The average molecular weight is 293 g/mol. The highest BCUT2D eigenvalue weighted by molar-refractivity contribution is 5.88. The molecule has 0 N–H and O–H groups in total. The summed E-state index contributed by atoms with van der Waals surface area (Å²) in [6, 6.07) is 0. The average Bonchev–Trinajstić information content (AvgIpc) is 2.92. The van der Waals surface area contributed by atoms with Crippen LogP contribution in [0, 0.1) is 11.8 Å². The molecular weight excluding hydrogens is 258 g/mol. The van der Waals surface area contributed by atoms with Gasteiger partial charge >= 0.3 is 0 Å². The zero-order valence-electron chi connectivity index (χ0n) is 14.7. The van der Waals surface area contributed by atoms with Crippen LogP contribution >= 0.6 is 0 Å². The van der Waals surface area contributed by atoms with E-state index in [-0.39, 0.29) is 5.91 Å². The fourth-order valence-electron chi connectivity index (χ4n) is 3.06. The first-order chi connectivity index (χ1) is 9.99. The van der Waals surface area contributed by atoms with Gasteiger partial charge in [0.05, 0.1) is 0 Å². The Morgan fingerprint density at radius 1 is 1.05 bits per heavy atom. The third-order valence-corrected chi connectivity index (χ3v) is 4.53. The Hall–Kier alpha value is -0.790. The van der Waals surface area contributed by atoms with Crippen LogP contribution in [0.4, 0.5) is 0 Å². The van der Waals surface area contributed by atoms with E-state index in [9.17, 15) is 4.79 Å². The summed E-state index contributed by atoms with van der Waals surface area (Å²) < 4.78 is 0. The van der Waals surface area contributed by atoms with E-state index in [1.54, 1.807) is 0 Å². The molecule has 0 aromatic carbocycles. The topological polar surface area (TPSA) is 20.3 Å². The molecule has 1 unspecified atom stereocenters. The molecule has 21 heavy (non-hydrogen) atoms. The molecule has 0 radical (unpaired) electrons. The summed E-state index contributed by atoms with van der Waals surface area (Å²) in [5.41, 5.74) is 1.25. The maximum Gasteiger partial charge on any atom is 0.246 e. The van der Waals surface area contributed by atoms with E-state index < -0.39 is 0 Å². The minimum Gasteiger partial charge on any atom is -0.339 e. The van der Waals surface area contributed by atoms with Crippen LogP contribution in [0.15, 0.2) is 11.6 Å². The summed E-state index contributed by atoms with van der Waals surface area (Å²) in [4.78, 5) is 14.0. The molecule has 0 aliphatic carbocycles. The predicted molar refractivity (Wildman–Crippen MR) is 91.3 cm³/mol. The summed E-state index contributed by atoms with van der Waals surface area (Å²) in [5.74, 6) is 1.89. The van der Waals surface area contributed by atoms with Crippen LogP contribution in [0.5, 0.6) is 0 Å². The van der Waals surface area contributed by atoms with E-state index in [2.05, 4.69) is 27.7 Å². The summed E-state index contributed by atoms with van der Waals surface area (Å²) in [5, 5.41) is 0. The van der Waals surface area contributed by atoms with Gasteiger partial charge in [0.25, 0.3) is 0 Å². The van der Waals surface area contributed by atoms with Gasteiger partial charge in [0.2, 0.25) is 5.91 Å². The van der Waals surface area contributed by atoms with E-state index in [0.717, 1.165) is 31.3 Å². The lowest BCUT2D eigenvalue weighted by molar-refractivity contribution is -0.125. The van der Waals surface area contributed by atoms with Gasteiger partial charge in [-0.15, -0.1) is 0 Å². The van der Waals surface area contributed by atoms with Crippen molar-refractivity contribution >= 4 is 5.91 Å².